The van der Waals surface area contributed by atoms with Gasteiger partial charge in [0.25, 0.3) is 0 Å². The molecule has 1 aromatic rings. The highest BCUT2D eigenvalue weighted by atomic mass is 16.5. The quantitative estimate of drug-likeness (QED) is 0.703. The van der Waals surface area contributed by atoms with Gasteiger partial charge in [-0.2, -0.15) is 0 Å². The van der Waals surface area contributed by atoms with Crippen LogP contribution in [0.4, 0.5) is 0 Å². The smallest absolute Gasteiger partial charge is 0.237 e. The molecule has 150 valence electrons. The fourth-order valence-corrected chi connectivity index (χ4v) is 3.16. The van der Waals surface area contributed by atoms with E-state index in [0.717, 1.165) is 37.5 Å². The van der Waals surface area contributed by atoms with Crippen LogP contribution in [-0.2, 0) is 16.1 Å². The van der Waals surface area contributed by atoms with Crippen LogP contribution >= 0.6 is 0 Å². The van der Waals surface area contributed by atoms with Crippen LogP contribution in [-0.4, -0.2) is 73.5 Å². The first-order valence-electron chi connectivity index (χ1n) is 9.55. The molecule has 1 aromatic carbocycles. The van der Waals surface area contributed by atoms with Crippen LogP contribution in [0.15, 0.2) is 24.3 Å². The highest BCUT2D eigenvalue weighted by Gasteiger charge is 2.26. The molecule has 7 heteroatoms. The van der Waals surface area contributed by atoms with Crippen molar-refractivity contribution in [3.63, 3.8) is 0 Å². The second-order valence-electron chi connectivity index (χ2n) is 7.28. The molecule has 0 aromatic heterocycles. The Hall–Kier alpha value is -2.12. The van der Waals surface area contributed by atoms with E-state index in [1.807, 2.05) is 45.0 Å². The molecule has 1 unspecified atom stereocenters. The van der Waals surface area contributed by atoms with Gasteiger partial charge < -0.3 is 15.4 Å². The summed E-state index contributed by atoms with van der Waals surface area (Å²) >= 11 is 0. The Kier molecular flexibility index (Phi) is 8.06. The van der Waals surface area contributed by atoms with Crippen LogP contribution in [0.3, 0.4) is 0 Å². The number of hydrogen-bond donors (Lipinski definition) is 2. The van der Waals surface area contributed by atoms with Crippen molar-refractivity contribution in [1.29, 1.82) is 0 Å². The third-order valence-electron chi connectivity index (χ3n) is 4.75. The number of carbonyl (C=O) groups is 2. The van der Waals surface area contributed by atoms with Gasteiger partial charge in [0.15, 0.2) is 0 Å². The van der Waals surface area contributed by atoms with Gasteiger partial charge in [-0.25, -0.2) is 0 Å². The number of hydrogen-bond acceptors (Lipinski definition) is 5. The molecule has 0 radical (unpaired) electrons. The van der Waals surface area contributed by atoms with E-state index in [9.17, 15) is 9.59 Å². The zero-order valence-corrected chi connectivity index (χ0v) is 16.8. The largest absolute Gasteiger partial charge is 0.497 e. The summed E-state index contributed by atoms with van der Waals surface area (Å²) in [6, 6.07) is 7.66. The van der Waals surface area contributed by atoms with Crippen LogP contribution in [0.2, 0.25) is 0 Å². The highest BCUT2D eigenvalue weighted by molar-refractivity contribution is 5.81. The molecule has 1 fully saturated rings. The molecule has 1 heterocycles. The van der Waals surface area contributed by atoms with Crippen LogP contribution in [0.25, 0.3) is 0 Å². The number of carbonyl (C=O) groups excluding carboxylic acids is 2. The number of nitrogens with zero attached hydrogens (tertiary/aromatic N) is 2. The van der Waals surface area contributed by atoms with E-state index in [4.69, 9.17) is 4.74 Å². The third-order valence-corrected chi connectivity index (χ3v) is 4.75. The molecular weight excluding hydrogens is 344 g/mol. The Morgan fingerprint density at radius 1 is 1.15 bits per heavy atom. The number of methoxy groups -OCH3 is 1. The summed E-state index contributed by atoms with van der Waals surface area (Å²) < 4.78 is 5.21. The Labute approximate surface area is 162 Å². The van der Waals surface area contributed by atoms with Gasteiger partial charge in [-0.05, 0) is 38.5 Å². The normalized spacial score (nSPS) is 16.8. The number of ether oxygens (including phenoxy) is 1. The minimum atomic E-state index is -0.192. The summed E-state index contributed by atoms with van der Waals surface area (Å²) in [7, 11) is 1.63. The first kappa shape index (κ1) is 21.2. The summed E-state index contributed by atoms with van der Waals surface area (Å²) in [4.78, 5) is 28.7. The zero-order chi connectivity index (χ0) is 19.8. The number of rotatable bonds is 8. The Bertz CT molecular complexity index is 627. The second kappa shape index (κ2) is 10.3. The van der Waals surface area contributed by atoms with E-state index >= 15 is 0 Å². The third kappa shape index (κ3) is 6.84. The molecule has 1 atom stereocenters. The lowest BCUT2D eigenvalue weighted by atomic mass is 10.2. The van der Waals surface area contributed by atoms with E-state index in [0.29, 0.717) is 13.1 Å². The average molecular weight is 377 g/mol. The molecule has 7 nitrogen and oxygen atoms in total. The molecule has 27 heavy (non-hydrogen) atoms. The molecule has 0 saturated carbocycles. The molecule has 0 aliphatic carbocycles. The van der Waals surface area contributed by atoms with Gasteiger partial charge in [0, 0.05) is 38.8 Å². The van der Waals surface area contributed by atoms with E-state index in [-0.39, 0.29) is 23.9 Å². The summed E-state index contributed by atoms with van der Waals surface area (Å²) in [6.07, 6.45) is 0. The van der Waals surface area contributed by atoms with Crippen molar-refractivity contribution in [2.24, 2.45) is 0 Å². The highest BCUT2D eigenvalue weighted by Crippen LogP contribution is 2.12. The maximum absolute atomic E-state index is 12.5. The van der Waals surface area contributed by atoms with Crippen LogP contribution in [0, 0.1) is 0 Å². The SMILES string of the molecule is COc1cccc(CNC(=O)C(C)N2CCN(CC(=O)NC(C)C)CC2)c1. The van der Waals surface area contributed by atoms with E-state index in [1.165, 1.54) is 0 Å². The van der Waals surface area contributed by atoms with Gasteiger partial charge in [-0.1, -0.05) is 12.1 Å². The molecule has 2 rings (SSSR count). The standard InChI is InChI=1S/C20H32N4O3/c1-15(2)22-19(25)14-23-8-10-24(11-9-23)16(3)20(26)21-13-17-6-5-7-18(12-17)27-4/h5-7,12,15-16H,8-11,13-14H2,1-4H3,(H,21,26)(H,22,25). The Morgan fingerprint density at radius 2 is 1.85 bits per heavy atom. The van der Waals surface area contributed by atoms with Gasteiger partial charge in [0.05, 0.1) is 19.7 Å². The lowest BCUT2D eigenvalue weighted by Crippen LogP contribution is -2.55. The molecule has 1 aliphatic heterocycles. The summed E-state index contributed by atoms with van der Waals surface area (Å²) in [5.41, 5.74) is 1.01. The van der Waals surface area contributed by atoms with E-state index < -0.39 is 0 Å². The molecular formula is C20H32N4O3. The van der Waals surface area contributed by atoms with Crippen molar-refractivity contribution in [3.8, 4) is 5.75 Å². The molecule has 2 N–H and O–H groups in total. The fourth-order valence-electron chi connectivity index (χ4n) is 3.16. The van der Waals surface area contributed by atoms with Crippen LogP contribution in [0.5, 0.6) is 5.75 Å². The van der Waals surface area contributed by atoms with Gasteiger partial charge in [0.2, 0.25) is 11.8 Å². The summed E-state index contributed by atoms with van der Waals surface area (Å²) in [5, 5.41) is 5.91. The van der Waals surface area contributed by atoms with E-state index in [2.05, 4.69) is 20.4 Å². The van der Waals surface area contributed by atoms with Gasteiger partial charge in [-0.15, -0.1) is 0 Å². The lowest BCUT2D eigenvalue weighted by molar-refractivity contribution is -0.128. The predicted octanol–water partition coefficient (Wildman–Crippen LogP) is 0.842. The molecule has 1 saturated heterocycles. The first-order valence-corrected chi connectivity index (χ1v) is 9.55. The number of amides is 2. The van der Waals surface area contributed by atoms with Gasteiger partial charge in [0.1, 0.15) is 5.75 Å². The van der Waals surface area contributed by atoms with Crippen LogP contribution in [0.1, 0.15) is 26.3 Å². The second-order valence-corrected chi connectivity index (χ2v) is 7.28. The summed E-state index contributed by atoms with van der Waals surface area (Å²) in [5.74, 6) is 0.860. The number of piperazine rings is 1. The first-order chi connectivity index (χ1) is 12.9. The maximum atomic E-state index is 12.5. The van der Waals surface area contributed by atoms with Crippen molar-refractivity contribution < 1.29 is 14.3 Å². The number of nitrogens with one attached hydrogen (secondary N) is 2. The monoisotopic (exact) mass is 376 g/mol. The molecule has 0 bridgehead atoms. The summed E-state index contributed by atoms with van der Waals surface area (Å²) in [6.45, 7) is 9.90. The van der Waals surface area contributed by atoms with Crippen molar-refractivity contribution in [2.75, 3.05) is 39.8 Å². The molecule has 2 amide bonds. The predicted molar refractivity (Wildman–Crippen MR) is 106 cm³/mol. The van der Waals surface area contributed by atoms with Crippen molar-refractivity contribution in [3.05, 3.63) is 29.8 Å². The van der Waals surface area contributed by atoms with E-state index in [1.54, 1.807) is 7.11 Å². The Morgan fingerprint density at radius 3 is 2.48 bits per heavy atom. The Balaban J connectivity index is 1.75. The minimum absolute atomic E-state index is 0.0174. The van der Waals surface area contributed by atoms with Crippen LogP contribution < -0.4 is 15.4 Å². The van der Waals surface area contributed by atoms with Gasteiger partial charge >= 0.3 is 0 Å². The van der Waals surface area contributed by atoms with Crippen molar-refractivity contribution >= 4 is 11.8 Å². The topological polar surface area (TPSA) is 73.9 Å². The van der Waals surface area contributed by atoms with Gasteiger partial charge in [-0.3, -0.25) is 19.4 Å². The van der Waals surface area contributed by atoms with Crippen molar-refractivity contribution in [1.82, 2.24) is 20.4 Å². The fraction of sp³-hybridized carbons (Fsp3) is 0.600. The maximum Gasteiger partial charge on any atom is 0.237 e. The average Bonchev–Trinajstić information content (AvgIpc) is 2.65. The zero-order valence-electron chi connectivity index (χ0n) is 16.8. The molecule has 0 spiro atoms. The molecule has 1 aliphatic rings. The number of benzene rings is 1. The minimum Gasteiger partial charge on any atom is -0.497 e. The lowest BCUT2D eigenvalue weighted by Gasteiger charge is -2.37. The van der Waals surface area contributed by atoms with Crippen molar-refractivity contribution in [2.45, 2.75) is 39.4 Å².